The van der Waals surface area contributed by atoms with E-state index in [1.807, 2.05) is 13.8 Å². The van der Waals surface area contributed by atoms with Crippen molar-refractivity contribution in [3.8, 4) is 0 Å². The van der Waals surface area contributed by atoms with Crippen molar-refractivity contribution in [2.45, 2.75) is 45.1 Å². The van der Waals surface area contributed by atoms with Crippen LogP contribution in [0.1, 0.15) is 33.1 Å². The van der Waals surface area contributed by atoms with E-state index >= 15 is 0 Å². The molecule has 0 bridgehead atoms. The van der Waals surface area contributed by atoms with Gasteiger partial charge in [0.1, 0.15) is 0 Å². The van der Waals surface area contributed by atoms with Gasteiger partial charge >= 0.3 is 0 Å². The highest BCUT2D eigenvalue weighted by Gasteiger charge is 2.71. The number of hydrogen-bond acceptors (Lipinski definition) is 2. The number of likely N-dealkylation sites (tertiary alicyclic amines) is 1. The van der Waals surface area contributed by atoms with Gasteiger partial charge in [0.25, 0.3) is 5.92 Å². The first-order valence-electron chi connectivity index (χ1n) is 7.37. The zero-order chi connectivity index (χ0) is 14.8. The molecule has 5 heteroatoms. The van der Waals surface area contributed by atoms with E-state index in [1.165, 1.54) is 0 Å². The highest BCUT2D eigenvalue weighted by Crippen LogP contribution is 2.61. The van der Waals surface area contributed by atoms with Crippen LogP contribution in [0.15, 0.2) is 12.4 Å². The normalized spacial score (nSPS) is 31.3. The number of ether oxygens (including phenoxy) is 1. The smallest absolute Gasteiger partial charge is 0.258 e. The number of nitrogens with zero attached hydrogens (tertiary/aromatic N) is 1. The van der Waals surface area contributed by atoms with Gasteiger partial charge in [-0.2, -0.15) is 0 Å². The second-order valence-electron chi connectivity index (χ2n) is 6.45. The Balaban J connectivity index is 1.85. The SMILES string of the molecule is CC(C)OCC1(CN2CCC(/C=C/F)CC2)CC1(F)F. The van der Waals surface area contributed by atoms with E-state index in [0.717, 1.165) is 25.9 Å². The Morgan fingerprint density at radius 2 is 1.90 bits per heavy atom. The van der Waals surface area contributed by atoms with Crippen molar-refractivity contribution < 1.29 is 17.9 Å². The fraction of sp³-hybridized carbons (Fsp3) is 0.867. The molecule has 0 aromatic heterocycles. The van der Waals surface area contributed by atoms with Gasteiger partial charge in [-0.05, 0) is 45.7 Å². The monoisotopic (exact) mass is 291 g/mol. The summed E-state index contributed by atoms with van der Waals surface area (Å²) in [6, 6.07) is 0. The predicted molar refractivity (Wildman–Crippen MR) is 72.5 cm³/mol. The van der Waals surface area contributed by atoms with E-state index in [4.69, 9.17) is 4.74 Å². The first-order chi connectivity index (χ1) is 9.38. The van der Waals surface area contributed by atoms with Gasteiger partial charge in [0.15, 0.2) is 0 Å². The third-order valence-corrected chi connectivity index (χ3v) is 4.41. The minimum absolute atomic E-state index is 0.0243. The lowest BCUT2D eigenvalue weighted by atomic mass is 9.95. The maximum atomic E-state index is 13.7. The third-order valence-electron chi connectivity index (χ3n) is 4.41. The van der Waals surface area contributed by atoms with Gasteiger partial charge in [-0.3, -0.25) is 0 Å². The Bertz CT molecular complexity index is 351. The van der Waals surface area contributed by atoms with Crippen molar-refractivity contribution in [3.63, 3.8) is 0 Å². The lowest BCUT2D eigenvalue weighted by Gasteiger charge is -2.33. The molecule has 1 heterocycles. The average molecular weight is 291 g/mol. The summed E-state index contributed by atoms with van der Waals surface area (Å²) in [4.78, 5) is 2.08. The molecule has 20 heavy (non-hydrogen) atoms. The van der Waals surface area contributed by atoms with Crippen molar-refractivity contribution in [2.75, 3.05) is 26.2 Å². The fourth-order valence-corrected chi connectivity index (χ4v) is 2.92. The second-order valence-corrected chi connectivity index (χ2v) is 6.45. The van der Waals surface area contributed by atoms with Gasteiger partial charge in [0, 0.05) is 13.0 Å². The molecular weight excluding hydrogens is 267 g/mol. The number of hydrogen-bond donors (Lipinski definition) is 0. The standard InChI is InChI=1S/C15H24F3NO/c1-12(2)20-11-14(9-15(14,17)18)10-19-7-4-13(3-6-16)5-8-19/h3,6,12-13H,4-5,7-11H2,1-2H3/b6-3+. The van der Waals surface area contributed by atoms with Gasteiger partial charge in [-0.25, -0.2) is 13.2 Å². The number of allylic oxidation sites excluding steroid dienone is 1. The summed E-state index contributed by atoms with van der Waals surface area (Å²) >= 11 is 0. The van der Waals surface area contributed by atoms with Crippen LogP contribution in [0.5, 0.6) is 0 Å². The second kappa shape index (κ2) is 6.06. The molecule has 2 aliphatic rings. The Morgan fingerprint density at radius 1 is 1.30 bits per heavy atom. The van der Waals surface area contributed by atoms with Crippen molar-refractivity contribution in [1.29, 1.82) is 0 Å². The van der Waals surface area contributed by atoms with Gasteiger partial charge in [0.2, 0.25) is 0 Å². The topological polar surface area (TPSA) is 12.5 Å². The van der Waals surface area contributed by atoms with Crippen LogP contribution in [0, 0.1) is 11.3 Å². The van der Waals surface area contributed by atoms with E-state index in [-0.39, 0.29) is 25.0 Å². The van der Waals surface area contributed by atoms with Crippen LogP contribution in [-0.2, 0) is 4.74 Å². The van der Waals surface area contributed by atoms with Crippen molar-refractivity contribution in [1.82, 2.24) is 4.90 Å². The molecular formula is C15H24F3NO. The van der Waals surface area contributed by atoms with Gasteiger partial charge in [-0.1, -0.05) is 6.08 Å². The first kappa shape index (κ1) is 15.8. The minimum Gasteiger partial charge on any atom is -0.378 e. The molecule has 1 saturated carbocycles. The summed E-state index contributed by atoms with van der Waals surface area (Å²) < 4.78 is 44.9. The summed E-state index contributed by atoms with van der Waals surface area (Å²) in [5, 5.41) is 0. The largest absolute Gasteiger partial charge is 0.378 e. The minimum atomic E-state index is -2.60. The van der Waals surface area contributed by atoms with Crippen LogP contribution in [0.25, 0.3) is 0 Å². The maximum absolute atomic E-state index is 13.7. The quantitative estimate of drug-likeness (QED) is 0.741. The molecule has 0 aromatic rings. The number of halogens is 3. The zero-order valence-electron chi connectivity index (χ0n) is 12.2. The molecule has 1 aliphatic heterocycles. The number of piperidine rings is 1. The predicted octanol–water partition coefficient (Wildman–Crippen LogP) is 3.63. The van der Waals surface area contributed by atoms with Crippen LogP contribution in [0.3, 0.4) is 0 Å². The average Bonchev–Trinajstić information content (AvgIpc) is 2.92. The van der Waals surface area contributed by atoms with Crippen LogP contribution < -0.4 is 0 Å². The summed E-state index contributed by atoms with van der Waals surface area (Å²) in [5.74, 6) is -2.35. The van der Waals surface area contributed by atoms with E-state index in [1.54, 1.807) is 6.08 Å². The van der Waals surface area contributed by atoms with E-state index < -0.39 is 11.3 Å². The van der Waals surface area contributed by atoms with Crippen LogP contribution >= 0.6 is 0 Å². The molecule has 0 aromatic carbocycles. The highest BCUT2D eigenvalue weighted by molar-refractivity contribution is 5.12. The summed E-state index contributed by atoms with van der Waals surface area (Å²) in [6.45, 7) is 5.76. The molecule has 1 aliphatic carbocycles. The Kier molecular flexibility index (Phi) is 4.80. The lowest BCUT2D eigenvalue weighted by Crippen LogP contribution is -2.41. The molecule has 2 rings (SSSR count). The van der Waals surface area contributed by atoms with Crippen LogP contribution in [0.4, 0.5) is 13.2 Å². The fourth-order valence-electron chi connectivity index (χ4n) is 2.92. The molecule has 0 spiro atoms. The molecule has 1 unspecified atom stereocenters. The summed E-state index contributed by atoms with van der Waals surface area (Å²) in [5.41, 5.74) is -1.000. The van der Waals surface area contributed by atoms with Crippen molar-refractivity contribution in [3.05, 3.63) is 12.4 Å². The Morgan fingerprint density at radius 3 is 2.35 bits per heavy atom. The zero-order valence-corrected chi connectivity index (χ0v) is 12.2. The van der Waals surface area contributed by atoms with Crippen LogP contribution in [0.2, 0.25) is 0 Å². The molecule has 2 fully saturated rings. The molecule has 116 valence electrons. The third kappa shape index (κ3) is 3.55. The Labute approximate surface area is 119 Å². The maximum Gasteiger partial charge on any atom is 0.258 e. The highest BCUT2D eigenvalue weighted by atomic mass is 19.3. The molecule has 0 radical (unpaired) electrons. The first-order valence-corrected chi connectivity index (χ1v) is 7.37. The lowest BCUT2D eigenvalue weighted by molar-refractivity contribution is -0.0277. The van der Waals surface area contributed by atoms with E-state index in [9.17, 15) is 13.2 Å². The summed E-state index contributed by atoms with van der Waals surface area (Å²) in [6.07, 6.45) is 3.74. The molecule has 1 atom stereocenters. The van der Waals surface area contributed by atoms with E-state index in [0.29, 0.717) is 12.9 Å². The van der Waals surface area contributed by atoms with Crippen LogP contribution in [-0.4, -0.2) is 43.2 Å². The van der Waals surface area contributed by atoms with Gasteiger partial charge < -0.3 is 9.64 Å². The molecule has 0 N–H and O–H groups in total. The molecule has 0 amide bonds. The Hall–Kier alpha value is -0.550. The van der Waals surface area contributed by atoms with Gasteiger partial charge in [0.05, 0.1) is 24.5 Å². The number of rotatable bonds is 6. The van der Waals surface area contributed by atoms with Gasteiger partial charge in [-0.15, -0.1) is 0 Å². The van der Waals surface area contributed by atoms with Crippen molar-refractivity contribution >= 4 is 0 Å². The van der Waals surface area contributed by atoms with E-state index in [2.05, 4.69) is 4.90 Å². The van der Waals surface area contributed by atoms with Crippen molar-refractivity contribution in [2.24, 2.45) is 11.3 Å². The molecule has 2 nitrogen and oxygen atoms in total. The number of alkyl halides is 2. The molecule has 1 saturated heterocycles. The summed E-state index contributed by atoms with van der Waals surface area (Å²) in [7, 11) is 0.